The van der Waals surface area contributed by atoms with Gasteiger partial charge in [0.1, 0.15) is 0 Å². The number of amides is 3. The van der Waals surface area contributed by atoms with Gasteiger partial charge in [-0.1, -0.05) is 104 Å². The zero-order valence-corrected chi connectivity index (χ0v) is 21.5. The zero-order chi connectivity index (χ0) is 27.1. The number of carbonyl (C=O) groups excluding carboxylic acids is 2. The second-order valence-corrected chi connectivity index (χ2v) is 9.02. The predicted octanol–water partition coefficient (Wildman–Crippen LogP) is 4.32. The quantitative estimate of drug-likeness (QED) is 0.124. The Morgan fingerprint density at radius 1 is 0.579 bits per heavy atom. The summed E-state index contributed by atoms with van der Waals surface area (Å²) in [7, 11) is 0. The molecule has 0 fully saturated rings. The molecule has 0 aliphatic heterocycles. The first-order valence-corrected chi connectivity index (χ1v) is 13.0. The van der Waals surface area contributed by atoms with Gasteiger partial charge in [-0.25, -0.2) is 10.2 Å². The summed E-state index contributed by atoms with van der Waals surface area (Å²) in [5.41, 5.74) is 6.86. The van der Waals surface area contributed by atoms with Crippen molar-refractivity contribution in [2.45, 2.75) is 44.1 Å². The summed E-state index contributed by atoms with van der Waals surface area (Å²) in [6, 6.07) is 31.6. The first-order valence-electron chi connectivity index (χ1n) is 13.0. The van der Waals surface area contributed by atoms with Crippen LogP contribution in [0.1, 0.15) is 55.2 Å². The summed E-state index contributed by atoms with van der Waals surface area (Å²) >= 11 is 0. The molecule has 5 N–H and O–H groups in total. The second kappa shape index (κ2) is 15.2. The van der Waals surface area contributed by atoms with E-state index in [4.69, 9.17) is 5.11 Å². The fourth-order valence-electron chi connectivity index (χ4n) is 4.48. The Morgan fingerprint density at radius 3 is 1.50 bits per heavy atom. The highest BCUT2D eigenvalue weighted by atomic mass is 16.4. The smallest absolute Gasteiger partial charge is 0.423 e. The van der Waals surface area contributed by atoms with Gasteiger partial charge in [-0.3, -0.25) is 20.3 Å². The Hall–Kier alpha value is -4.17. The lowest BCUT2D eigenvalue weighted by atomic mass is 9.77. The number of carbonyl (C=O) groups is 3. The number of hydrogen-bond acceptors (Lipinski definition) is 4. The zero-order valence-electron chi connectivity index (χ0n) is 21.5. The van der Waals surface area contributed by atoms with E-state index in [0.717, 1.165) is 32.2 Å². The Labute approximate surface area is 223 Å². The summed E-state index contributed by atoms with van der Waals surface area (Å²) < 4.78 is 0. The van der Waals surface area contributed by atoms with Crippen molar-refractivity contribution in [2.75, 3.05) is 13.1 Å². The molecule has 0 saturated carbocycles. The van der Waals surface area contributed by atoms with Crippen molar-refractivity contribution in [2.24, 2.45) is 0 Å². The standard InChI is InChI=1S/C30H36N4O4/c35-27(20-21-28(36)33-34-29(37)38)31-22-12-1-2-13-23-32-30(24-14-6-3-7-15-24,25-16-8-4-9-17-25)26-18-10-5-11-19-26/h3-11,14-19,32,34H,1-2,12-13,20-23H2,(H,31,35)(H,33,36)(H,37,38). The van der Waals surface area contributed by atoms with Crippen molar-refractivity contribution in [3.63, 3.8) is 0 Å². The number of nitrogens with one attached hydrogen (secondary N) is 4. The molecule has 0 saturated heterocycles. The van der Waals surface area contributed by atoms with E-state index in [-0.39, 0.29) is 18.7 Å². The van der Waals surface area contributed by atoms with Gasteiger partial charge in [0.25, 0.3) is 0 Å². The second-order valence-electron chi connectivity index (χ2n) is 9.02. The van der Waals surface area contributed by atoms with Crippen molar-refractivity contribution in [3.8, 4) is 0 Å². The van der Waals surface area contributed by atoms with Gasteiger partial charge in [0.15, 0.2) is 0 Å². The Morgan fingerprint density at radius 2 is 1.03 bits per heavy atom. The average Bonchev–Trinajstić information content (AvgIpc) is 2.95. The molecule has 200 valence electrons. The third-order valence-electron chi connectivity index (χ3n) is 6.32. The highest BCUT2D eigenvalue weighted by molar-refractivity contribution is 5.84. The van der Waals surface area contributed by atoms with E-state index in [1.54, 1.807) is 5.43 Å². The Kier molecular flexibility index (Phi) is 11.3. The molecule has 8 nitrogen and oxygen atoms in total. The molecular weight excluding hydrogens is 480 g/mol. The number of unbranched alkanes of at least 4 members (excludes halogenated alkanes) is 3. The molecule has 0 atom stereocenters. The third-order valence-corrected chi connectivity index (χ3v) is 6.32. The number of hydrogen-bond donors (Lipinski definition) is 5. The summed E-state index contributed by atoms with van der Waals surface area (Å²) in [5.74, 6) is -0.775. The SMILES string of the molecule is O=C(O)NNC(=O)CCC(=O)NCCCCCCNC(c1ccccc1)(c1ccccc1)c1ccccc1. The lowest BCUT2D eigenvalue weighted by Crippen LogP contribution is -2.45. The van der Waals surface area contributed by atoms with Crippen molar-refractivity contribution in [1.29, 1.82) is 0 Å². The molecular formula is C30H36N4O4. The lowest BCUT2D eigenvalue weighted by molar-refractivity contribution is -0.126. The molecule has 0 aromatic heterocycles. The lowest BCUT2D eigenvalue weighted by Gasteiger charge is -2.37. The van der Waals surface area contributed by atoms with E-state index in [1.165, 1.54) is 16.7 Å². The fraction of sp³-hybridized carbons (Fsp3) is 0.300. The van der Waals surface area contributed by atoms with Crippen LogP contribution in [0, 0.1) is 0 Å². The molecule has 3 aromatic carbocycles. The maximum absolute atomic E-state index is 11.9. The number of hydrazine groups is 1. The van der Waals surface area contributed by atoms with E-state index in [2.05, 4.69) is 83.4 Å². The molecule has 38 heavy (non-hydrogen) atoms. The summed E-state index contributed by atoms with van der Waals surface area (Å²) in [6.45, 7) is 1.37. The number of carboxylic acid groups (broad SMARTS) is 1. The van der Waals surface area contributed by atoms with Gasteiger partial charge < -0.3 is 10.4 Å². The molecule has 3 rings (SSSR count). The highest BCUT2D eigenvalue weighted by Crippen LogP contribution is 2.36. The first-order chi connectivity index (χ1) is 18.5. The first kappa shape index (κ1) is 28.4. The molecule has 0 bridgehead atoms. The van der Waals surface area contributed by atoms with Gasteiger partial charge in [-0.15, -0.1) is 0 Å². The van der Waals surface area contributed by atoms with Crippen LogP contribution >= 0.6 is 0 Å². The molecule has 0 radical (unpaired) electrons. The minimum absolute atomic E-state index is 0.0115. The van der Waals surface area contributed by atoms with E-state index in [9.17, 15) is 14.4 Å². The van der Waals surface area contributed by atoms with Crippen LogP contribution in [0.4, 0.5) is 4.79 Å². The van der Waals surface area contributed by atoms with Gasteiger partial charge in [-0.05, 0) is 36.1 Å². The predicted molar refractivity (Wildman–Crippen MR) is 147 cm³/mol. The molecule has 0 aliphatic rings. The van der Waals surface area contributed by atoms with Crippen LogP contribution in [0.15, 0.2) is 91.0 Å². The van der Waals surface area contributed by atoms with Crippen LogP contribution < -0.4 is 21.5 Å². The van der Waals surface area contributed by atoms with Crippen LogP contribution in [-0.4, -0.2) is 36.1 Å². The topological polar surface area (TPSA) is 120 Å². The summed E-state index contributed by atoms with van der Waals surface area (Å²) in [4.78, 5) is 33.7. The molecule has 0 spiro atoms. The normalized spacial score (nSPS) is 10.9. The van der Waals surface area contributed by atoms with E-state index in [1.807, 2.05) is 23.6 Å². The number of benzene rings is 3. The van der Waals surface area contributed by atoms with Crippen LogP contribution in [0.25, 0.3) is 0 Å². The monoisotopic (exact) mass is 516 g/mol. The molecule has 0 unspecified atom stereocenters. The van der Waals surface area contributed by atoms with Crippen LogP contribution in [-0.2, 0) is 15.1 Å². The van der Waals surface area contributed by atoms with Crippen LogP contribution in [0.2, 0.25) is 0 Å². The molecule has 3 amide bonds. The van der Waals surface area contributed by atoms with Crippen molar-refractivity contribution >= 4 is 17.9 Å². The molecule has 0 aliphatic carbocycles. The molecule has 3 aromatic rings. The van der Waals surface area contributed by atoms with E-state index < -0.39 is 17.5 Å². The van der Waals surface area contributed by atoms with Crippen LogP contribution in [0.5, 0.6) is 0 Å². The van der Waals surface area contributed by atoms with Gasteiger partial charge in [0.2, 0.25) is 11.8 Å². The van der Waals surface area contributed by atoms with Gasteiger partial charge in [0.05, 0.1) is 5.54 Å². The van der Waals surface area contributed by atoms with Crippen molar-refractivity contribution in [3.05, 3.63) is 108 Å². The van der Waals surface area contributed by atoms with Crippen LogP contribution in [0.3, 0.4) is 0 Å². The average molecular weight is 517 g/mol. The van der Waals surface area contributed by atoms with Crippen molar-refractivity contribution < 1.29 is 19.5 Å². The van der Waals surface area contributed by atoms with E-state index >= 15 is 0 Å². The van der Waals surface area contributed by atoms with Gasteiger partial charge in [-0.2, -0.15) is 0 Å². The van der Waals surface area contributed by atoms with Gasteiger partial charge >= 0.3 is 6.09 Å². The third kappa shape index (κ3) is 8.45. The fourth-order valence-corrected chi connectivity index (χ4v) is 4.48. The Balaban J connectivity index is 1.48. The largest absolute Gasteiger partial charge is 0.464 e. The summed E-state index contributed by atoms with van der Waals surface area (Å²) in [6.07, 6.45) is 2.39. The maximum Gasteiger partial charge on any atom is 0.423 e. The van der Waals surface area contributed by atoms with Gasteiger partial charge in [0, 0.05) is 19.4 Å². The minimum atomic E-state index is -1.36. The summed E-state index contributed by atoms with van der Waals surface area (Å²) in [5, 5.41) is 15.1. The molecule has 0 heterocycles. The highest BCUT2D eigenvalue weighted by Gasteiger charge is 2.35. The van der Waals surface area contributed by atoms with E-state index in [0.29, 0.717) is 6.54 Å². The number of rotatable bonds is 14. The Bertz CT molecular complexity index is 1040. The minimum Gasteiger partial charge on any atom is -0.464 e. The molecule has 8 heteroatoms. The van der Waals surface area contributed by atoms with Crippen molar-refractivity contribution in [1.82, 2.24) is 21.5 Å². The maximum atomic E-state index is 11.9.